The summed E-state index contributed by atoms with van der Waals surface area (Å²) >= 11 is 0. The van der Waals surface area contributed by atoms with Crippen LogP contribution in [0.4, 0.5) is 5.69 Å². The average molecular weight is 218 g/mol. The number of nitrogen functional groups attached to an aromatic ring is 1. The number of anilines is 1. The minimum absolute atomic E-state index is 0.0882. The molecular formula is C11H10N2O3. The van der Waals surface area contributed by atoms with Crippen molar-refractivity contribution in [1.82, 2.24) is 4.98 Å². The van der Waals surface area contributed by atoms with Crippen molar-refractivity contribution in [1.29, 1.82) is 0 Å². The second-order valence-electron chi connectivity index (χ2n) is 3.48. The van der Waals surface area contributed by atoms with E-state index in [9.17, 15) is 9.90 Å². The fraction of sp³-hybridized carbons (Fsp3) is 0.0909. The second kappa shape index (κ2) is 3.37. The van der Waals surface area contributed by atoms with Gasteiger partial charge >= 0.3 is 5.97 Å². The summed E-state index contributed by atoms with van der Waals surface area (Å²) in [6, 6.07) is 4.93. The van der Waals surface area contributed by atoms with Crippen LogP contribution >= 0.6 is 0 Å². The van der Waals surface area contributed by atoms with Gasteiger partial charge in [0.15, 0.2) is 5.69 Å². The zero-order chi connectivity index (χ0) is 11.9. The van der Waals surface area contributed by atoms with Crippen molar-refractivity contribution in [2.75, 3.05) is 5.73 Å². The van der Waals surface area contributed by atoms with Crippen LogP contribution in [-0.2, 0) is 0 Å². The van der Waals surface area contributed by atoms with Crippen molar-refractivity contribution in [3.63, 3.8) is 0 Å². The van der Waals surface area contributed by atoms with E-state index in [-0.39, 0.29) is 17.0 Å². The van der Waals surface area contributed by atoms with E-state index in [1.807, 2.05) is 0 Å². The molecule has 16 heavy (non-hydrogen) atoms. The smallest absolute Gasteiger partial charge is 0.354 e. The number of aromatic carboxylic acids is 1. The highest BCUT2D eigenvalue weighted by Gasteiger charge is 2.16. The van der Waals surface area contributed by atoms with E-state index < -0.39 is 5.97 Å². The van der Waals surface area contributed by atoms with E-state index in [4.69, 9.17) is 10.8 Å². The highest BCUT2D eigenvalue weighted by atomic mass is 16.4. The lowest BCUT2D eigenvalue weighted by atomic mass is 10.1. The number of carboxylic acids is 1. The lowest BCUT2D eigenvalue weighted by Crippen LogP contribution is -2.05. The molecule has 1 heterocycles. The normalized spacial score (nSPS) is 10.6. The Morgan fingerprint density at radius 2 is 2.12 bits per heavy atom. The number of hydrogen-bond acceptors (Lipinski definition) is 4. The molecule has 1 aromatic carbocycles. The van der Waals surface area contributed by atoms with Crippen LogP contribution < -0.4 is 5.73 Å². The molecule has 0 saturated carbocycles. The number of carbonyl (C=O) groups is 1. The van der Waals surface area contributed by atoms with Gasteiger partial charge in [-0.1, -0.05) is 6.07 Å². The molecule has 0 aliphatic rings. The number of pyridine rings is 1. The van der Waals surface area contributed by atoms with Crippen LogP contribution in [0, 0.1) is 6.92 Å². The number of fused-ring (bicyclic) bond motifs is 1. The van der Waals surface area contributed by atoms with Crippen molar-refractivity contribution < 1.29 is 15.0 Å². The largest absolute Gasteiger partial charge is 0.507 e. The Kier molecular flexibility index (Phi) is 2.16. The van der Waals surface area contributed by atoms with Gasteiger partial charge in [0.05, 0.1) is 11.2 Å². The third-order valence-electron chi connectivity index (χ3n) is 2.46. The van der Waals surface area contributed by atoms with Crippen LogP contribution in [0.3, 0.4) is 0 Å². The molecule has 0 bridgehead atoms. The van der Waals surface area contributed by atoms with E-state index in [2.05, 4.69) is 4.98 Å². The fourth-order valence-electron chi connectivity index (χ4n) is 1.60. The molecule has 1 aromatic heterocycles. The summed E-state index contributed by atoms with van der Waals surface area (Å²) in [5.74, 6) is -1.27. The molecule has 0 radical (unpaired) electrons. The van der Waals surface area contributed by atoms with Gasteiger partial charge in [-0.25, -0.2) is 9.78 Å². The van der Waals surface area contributed by atoms with Crippen molar-refractivity contribution in [2.24, 2.45) is 0 Å². The average Bonchev–Trinajstić information content (AvgIpc) is 2.23. The van der Waals surface area contributed by atoms with Gasteiger partial charge in [-0.2, -0.15) is 0 Å². The molecule has 4 N–H and O–H groups in total. The molecule has 5 nitrogen and oxygen atoms in total. The highest BCUT2D eigenvalue weighted by Crippen LogP contribution is 2.31. The number of nitrogens with zero attached hydrogens (tertiary/aromatic N) is 1. The van der Waals surface area contributed by atoms with Gasteiger partial charge in [0, 0.05) is 10.9 Å². The summed E-state index contributed by atoms with van der Waals surface area (Å²) < 4.78 is 0. The molecule has 82 valence electrons. The topological polar surface area (TPSA) is 96.4 Å². The maximum absolute atomic E-state index is 10.9. The molecule has 0 aliphatic heterocycles. The number of aromatic hydroxyl groups is 1. The van der Waals surface area contributed by atoms with E-state index in [1.54, 1.807) is 18.2 Å². The number of benzene rings is 1. The lowest BCUT2D eigenvalue weighted by Gasteiger charge is -2.08. The summed E-state index contributed by atoms with van der Waals surface area (Å²) in [7, 11) is 0. The van der Waals surface area contributed by atoms with E-state index in [0.717, 1.165) is 0 Å². The number of rotatable bonds is 1. The zero-order valence-electron chi connectivity index (χ0n) is 8.56. The van der Waals surface area contributed by atoms with Crippen LogP contribution in [-0.4, -0.2) is 21.2 Å². The van der Waals surface area contributed by atoms with Gasteiger partial charge in [0.1, 0.15) is 5.75 Å². The Morgan fingerprint density at radius 1 is 1.44 bits per heavy atom. The molecular weight excluding hydrogens is 208 g/mol. The first-order valence-electron chi connectivity index (χ1n) is 4.63. The summed E-state index contributed by atoms with van der Waals surface area (Å²) in [6.07, 6.45) is 0. The third-order valence-corrected chi connectivity index (χ3v) is 2.46. The molecule has 0 aliphatic carbocycles. The molecule has 0 atom stereocenters. The summed E-state index contributed by atoms with van der Waals surface area (Å²) in [6.45, 7) is 1.51. The summed E-state index contributed by atoms with van der Waals surface area (Å²) in [4.78, 5) is 14.9. The molecule has 2 aromatic rings. The summed E-state index contributed by atoms with van der Waals surface area (Å²) in [5, 5.41) is 19.2. The van der Waals surface area contributed by atoms with Crippen LogP contribution in [0.1, 0.15) is 16.1 Å². The molecule has 0 spiro atoms. The number of para-hydroxylation sites is 1. The SMILES string of the molecule is Cc1c(C(=O)O)nc2c(N)cccc2c1O. The Balaban J connectivity index is 2.94. The van der Waals surface area contributed by atoms with Crippen molar-refractivity contribution in [3.8, 4) is 5.75 Å². The van der Waals surface area contributed by atoms with Gasteiger partial charge in [0.25, 0.3) is 0 Å². The van der Waals surface area contributed by atoms with Crippen LogP contribution in [0.5, 0.6) is 5.75 Å². The Morgan fingerprint density at radius 3 is 2.75 bits per heavy atom. The van der Waals surface area contributed by atoms with Crippen molar-refractivity contribution >= 4 is 22.6 Å². The molecule has 0 unspecified atom stereocenters. The number of aromatic nitrogens is 1. The first-order valence-corrected chi connectivity index (χ1v) is 4.63. The van der Waals surface area contributed by atoms with E-state index >= 15 is 0 Å². The Bertz CT molecular complexity index is 593. The highest BCUT2D eigenvalue weighted by molar-refractivity contribution is 5.99. The maximum Gasteiger partial charge on any atom is 0.354 e. The first kappa shape index (κ1) is 10.2. The first-order chi connectivity index (χ1) is 7.52. The van der Waals surface area contributed by atoms with Crippen molar-refractivity contribution in [3.05, 3.63) is 29.5 Å². The zero-order valence-corrected chi connectivity index (χ0v) is 8.56. The second-order valence-corrected chi connectivity index (χ2v) is 3.48. The quantitative estimate of drug-likeness (QED) is 0.630. The Hall–Kier alpha value is -2.30. The minimum Gasteiger partial charge on any atom is -0.507 e. The lowest BCUT2D eigenvalue weighted by molar-refractivity contribution is 0.0689. The van der Waals surface area contributed by atoms with E-state index in [1.165, 1.54) is 6.92 Å². The predicted molar refractivity (Wildman–Crippen MR) is 59.5 cm³/mol. The van der Waals surface area contributed by atoms with Gasteiger partial charge < -0.3 is 15.9 Å². The van der Waals surface area contributed by atoms with Gasteiger partial charge in [-0.15, -0.1) is 0 Å². The monoisotopic (exact) mass is 218 g/mol. The fourth-order valence-corrected chi connectivity index (χ4v) is 1.60. The van der Waals surface area contributed by atoms with Gasteiger partial charge in [-0.3, -0.25) is 0 Å². The number of nitrogens with two attached hydrogens (primary N) is 1. The maximum atomic E-state index is 10.9. The summed E-state index contributed by atoms with van der Waals surface area (Å²) in [5.41, 5.74) is 6.39. The molecule has 5 heteroatoms. The molecule has 0 fully saturated rings. The third kappa shape index (κ3) is 1.33. The van der Waals surface area contributed by atoms with Crippen LogP contribution in [0.2, 0.25) is 0 Å². The standard InChI is InChI=1S/C11H10N2O3/c1-5-8(11(15)16)13-9-6(10(5)14)3-2-4-7(9)12/h2-4H,12H2,1H3,(H,13,14)(H,15,16). The molecule has 0 amide bonds. The predicted octanol–water partition coefficient (Wildman–Crippen LogP) is 1.53. The van der Waals surface area contributed by atoms with Crippen LogP contribution in [0.25, 0.3) is 10.9 Å². The number of hydrogen-bond donors (Lipinski definition) is 3. The molecule has 0 saturated heterocycles. The number of carboxylic acid groups (broad SMARTS) is 1. The van der Waals surface area contributed by atoms with Crippen LogP contribution in [0.15, 0.2) is 18.2 Å². The Labute approximate surface area is 91.2 Å². The molecule has 2 rings (SSSR count). The van der Waals surface area contributed by atoms with E-state index in [0.29, 0.717) is 16.6 Å². The van der Waals surface area contributed by atoms with Gasteiger partial charge in [0.2, 0.25) is 0 Å². The van der Waals surface area contributed by atoms with Crippen molar-refractivity contribution in [2.45, 2.75) is 6.92 Å². The minimum atomic E-state index is -1.18. The van der Waals surface area contributed by atoms with Gasteiger partial charge in [-0.05, 0) is 19.1 Å².